The van der Waals surface area contributed by atoms with Gasteiger partial charge in [-0.05, 0) is 44.5 Å². The molecule has 5 heteroatoms. The maximum atomic E-state index is 10.8. The van der Waals surface area contributed by atoms with Crippen molar-refractivity contribution in [3.05, 3.63) is 39.9 Å². The van der Waals surface area contributed by atoms with Crippen LogP contribution in [0.15, 0.2) is 24.3 Å². The van der Waals surface area contributed by atoms with Crippen LogP contribution in [0.25, 0.3) is 0 Å². The zero-order chi connectivity index (χ0) is 14.1. The molecular weight excluding hydrogens is 254 g/mol. The molecule has 2 heterocycles. The molecule has 1 aromatic carbocycles. The highest BCUT2D eigenvalue weighted by molar-refractivity contribution is 5.34. The zero-order valence-electron chi connectivity index (χ0n) is 11.9. The molecule has 2 aliphatic heterocycles. The van der Waals surface area contributed by atoms with Crippen LogP contribution in [0.2, 0.25) is 0 Å². The van der Waals surface area contributed by atoms with E-state index < -0.39 is 0 Å². The minimum absolute atomic E-state index is 0.196. The fraction of sp³-hybridized carbons (Fsp3) is 0.600. The van der Waals surface area contributed by atoms with E-state index in [2.05, 4.69) is 16.8 Å². The highest BCUT2D eigenvalue weighted by Crippen LogP contribution is 2.32. The predicted molar refractivity (Wildman–Crippen MR) is 77.5 cm³/mol. The summed E-state index contributed by atoms with van der Waals surface area (Å²) in [5.74, 6) is 0.771. The van der Waals surface area contributed by atoms with E-state index in [0.717, 1.165) is 31.1 Å². The van der Waals surface area contributed by atoms with Crippen LogP contribution in [0.1, 0.15) is 18.4 Å². The SMILES string of the molecule is CN1CC[C@@H]2[C@H](CCN2Cc2cccc([N+](=O)[O-])c2)C1. The first-order valence-electron chi connectivity index (χ1n) is 7.29. The minimum atomic E-state index is -0.314. The molecule has 0 unspecified atom stereocenters. The van der Waals surface area contributed by atoms with Gasteiger partial charge in [0.25, 0.3) is 5.69 Å². The van der Waals surface area contributed by atoms with Crippen LogP contribution in [0, 0.1) is 16.0 Å². The first-order chi connectivity index (χ1) is 9.63. The van der Waals surface area contributed by atoms with Gasteiger partial charge < -0.3 is 4.90 Å². The van der Waals surface area contributed by atoms with Crippen LogP contribution in [0.5, 0.6) is 0 Å². The highest BCUT2D eigenvalue weighted by Gasteiger charge is 2.37. The summed E-state index contributed by atoms with van der Waals surface area (Å²) in [6.45, 7) is 4.31. The summed E-state index contributed by atoms with van der Waals surface area (Å²) < 4.78 is 0. The summed E-state index contributed by atoms with van der Waals surface area (Å²) in [4.78, 5) is 15.5. The van der Waals surface area contributed by atoms with Crippen LogP contribution in [0.3, 0.4) is 0 Å². The van der Waals surface area contributed by atoms with Gasteiger partial charge in [0, 0.05) is 31.3 Å². The molecule has 0 amide bonds. The number of piperidine rings is 1. The summed E-state index contributed by atoms with van der Waals surface area (Å²) in [5.41, 5.74) is 1.25. The molecule has 2 fully saturated rings. The molecular formula is C15H21N3O2. The monoisotopic (exact) mass is 275 g/mol. The number of hydrogen-bond donors (Lipinski definition) is 0. The van der Waals surface area contributed by atoms with Gasteiger partial charge in [-0.15, -0.1) is 0 Å². The van der Waals surface area contributed by atoms with E-state index in [1.54, 1.807) is 18.2 Å². The number of hydrogen-bond acceptors (Lipinski definition) is 4. The second-order valence-electron chi connectivity index (χ2n) is 6.06. The van der Waals surface area contributed by atoms with Crippen molar-refractivity contribution in [1.29, 1.82) is 0 Å². The Morgan fingerprint density at radius 3 is 3.00 bits per heavy atom. The van der Waals surface area contributed by atoms with E-state index in [9.17, 15) is 10.1 Å². The molecule has 1 aromatic rings. The Hall–Kier alpha value is -1.46. The predicted octanol–water partition coefficient (Wildman–Crippen LogP) is 2.12. The Bertz CT molecular complexity index is 506. The summed E-state index contributed by atoms with van der Waals surface area (Å²) in [7, 11) is 2.19. The maximum Gasteiger partial charge on any atom is 0.269 e. The van der Waals surface area contributed by atoms with E-state index in [0.29, 0.717) is 6.04 Å². The van der Waals surface area contributed by atoms with Crippen molar-refractivity contribution >= 4 is 5.69 Å². The van der Waals surface area contributed by atoms with Crippen LogP contribution in [0.4, 0.5) is 5.69 Å². The molecule has 3 rings (SSSR count). The molecule has 2 saturated heterocycles. The van der Waals surface area contributed by atoms with Crippen LogP contribution in [-0.2, 0) is 6.54 Å². The van der Waals surface area contributed by atoms with Gasteiger partial charge in [-0.3, -0.25) is 15.0 Å². The van der Waals surface area contributed by atoms with Crippen molar-refractivity contribution in [3.8, 4) is 0 Å². The molecule has 0 aromatic heterocycles. The number of nitro benzene ring substituents is 1. The lowest BCUT2D eigenvalue weighted by Crippen LogP contribution is -2.44. The Morgan fingerprint density at radius 1 is 1.35 bits per heavy atom. The Kier molecular flexibility index (Phi) is 3.72. The standard InChI is InChI=1S/C15H21N3O2/c1-16-7-6-15-13(11-16)5-8-17(15)10-12-3-2-4-14(9-12)18(19)20/h2-4,9,13,15H,5-8,10-11H2,1H3/t13-,15-/m1/s1. The lowest BCUT2D eigenvalue weighted by atomic mass is 9.93. The second-order valence-corrected chi connectivity index (χ2v) is 6.06. The molecule has 0 bridgehead atoms. The Labute approximate surface area is 119 Å². The van der Waals surface area contributed by atoms with Gasteiger partial charge in [0.2, 0.25) is 0 Å². The van der Waals surface area contributed by atoms with E-state index >= 15 is 0 Å². The Balaban J connectivity index is 1.69. The zero-order valence-corrected chi connectivity index (χ0v) is 11.9. The van der Waals surface area contributed by atoms with Crippen molar-refractivity contribution < 1.29 is 4.92 Å². The third kappa shape index (κ3) is 2.69. The van der Waals surface area contributed by atoms with Gasteiger partial charge in [0.15, 0.2) is 0 Å². The first-order valence-corrected chi connectivity index (χ1v) is 7.29. The number of fused-ring (bicyclic) bond motifs is 1. The molecule has 2 atom stereocenters. The minimum Gasteiger partial charge on any atom is -0.306 e. The molecule has 108 valence electrons. The number of likely N-dealkylation sites (tertiary alicyclic amines) is 2. The van der Waals surface area contributed by atoms with Crippen LogP contribution < -0.4 is 0 Å². The molecule has 0 N–H and O–H groups in total. The molecule has 0 saturated carbocycles. The van der Waals surface area contributed by atoms with Gasteiger partial charge in [-0.2, -0.15) is 0 Å². The Morgan fingerprint density at radius 2 is 2.20 bits per heavy atom. The fourth-order valence-electron chi connectivity index (χ4n) is 3.66. The van der Waals surface area contributed by atoms with E-state index in [1.807, 2.05) is 6.07 Å². The number of nitrogens with zero attached hydrogens (tertiary/aromatic N) is 3. The topological polar surface area (TPSA) is 49.6 Å². The van der Waals surface area contributed by atoms with Gasteiger partial charge in [0.05, 0.1) is 4.92 Å². The number of benzene rings is 1. The third-order valence-electron chi connectivity index (χ3n) is 4.66. The number of non-ortho nitro benzene ring substituents is 1. The summed E-state index contributed by atoms with van der Waals surface area (Å²) in [6, 6.07) is 7.71. The normalized spacial score (nSPS) is 27.4. The van der Waals surface area contributed by atoms with Crippen molar-refractivity contribution in [1.82, 2.24) is 9.80 Å². The molecule has 0 aliphatic carbocycles. The maximum absolute atomic E-state index is 10.8. The van der Waals surface area contributed by atoms with E-state index in [4.69, 9.17) is 0 Å². The van der Waals surface area contributed by atoms with Gasteiger partial charge >= 0.3 is 0 Å². The molecule has 0 spiro atoms. The lowest BCUT2D eigenvalue weighted by molar-refractivity contribution is -0.384. The van der Waals surface area contributed by atoms with Gasteiger partial charge in [0.1, 0.15) is 0 Å². The lowest BCUT2D eigenvalue weighted by Gasteiger charge is -2.36. The van der Waals surface area contributed by atoms with Crippen molar-refractivity contribution in [2.75, 3.05) is 26.7 Å². The fourth-order valence-corrected chi connectivity index (χ4v) is 3.66. The quantitative estimate of drug-likeness (QED) is 0.626. The highest BCUT2D eigenvalue weighted by atomic mass is 16.6. The van der Waals surface area contributed by atoms with Crippen LogP contribution in [-0.4, -0.2) is 47.4 Å². The van der Waals surface area contributed by atoms with Crippen molar-refractivity contribution in [2.45, 2.75) is 25.4 Å². The van der Waals surface area contributed by atoms with Crippen molar-refractivity contribution in [3.63, 3.8) is 0 Å². The number of nitro groups is 1. The largest absolute Gasteiger partial charge is 0.306 e. The second kappa shape index (κ2) is 5.50. The molecule has 0 radical (unpaired) electrons. The van der Waals surface area contributed by atoms with Crippen molar-refractivity contribution in [2.24, 2.45) is 5.92 Å². The van der Waals surface area contributed by atoms with E-state index in [-0.39, 0.29) is 10.6 Å². The smallest absolute Gasteiger partial charge is 0.269 e. The number of rotatable bonds is 3. The van der Waals surface area contributed by atoms with E-state index in [1.165, 1.54) is 19.4 Å². The summed E-state index contributed by atoms with van der Waals surface area (Å²) in [6.07, 6.45) is 2.47. The molecule has 2 aliphatic rings. The summed E-state index contributed by atoms with van der Waals surface area (Å²) >= 11 is 0. The molecule has 5 nitrogen and oxygen atoms in total. The third-order valence-corrected chi connectivity index (χ3v) is 4.66. The average Bonchev–Trinajstić information content (AvgIpc) is 2.81. The summed E-state index contributed by atoms with van der Waals surface area (Å²) in [5, 5.41) is 10.8. The average molecular weight is 275 g/mol. The molecule has 20 heavy (non-hydrogen) atoms. The van der Waals surface area contributed by atoms with Gasteiger partial charge in [-0.25, -0.2) is 0 Å². The van der Waals surface area contributed by atoms with Crippen LogP contribution >= 0.6 is 0 Å². The van der Waals surface area contributed by atoms with Gasteiger partial charge in [-0.1, -0.05) is 12.1 Å². The first kappa shape index (κ1) is 13.5.